The van der Waals surface area contributed by atoms with Gasteiger partial charge in [0.15, 0.2) is 6.61 Å². The molecule has 5 N–H and O–H groups in total. The van der Waals surface area contributed by atoms with E-state index in [4.69, 9.17) is 4.74 Å². The van der Waals surface area contributed by atoms with Crippen LogP contribution in [-0.2, 0) is 43.2 Å². The molecule has 3 aliphatic rings. The number of thioether (sulfide) groups is 1. The first-order chi connectivity index (χ1) is 26.2. The summed E-state index contributed by atoms with van der Waals surface area (Å²) in [6.45, 7) is -0.374. The Labute approximate surface area is 317 Å². The van der Waals surface area contributed by atoms with E-state index in [1.54, 1.807) is 60.6 Å². The standard InChI is InChI=1S/C41H41N5O7S/c47-37-25-53-31-14-10-27(11-15-31)23-36(41(51)52)46-39(49)34(22-28-16-18-42-19-17-28)44-38(48)33(45-40(50)35(43-37)24-32-7-4-20-54-32)21-26-8-12-30(13-9-26)29-5-2-1-3-6-29/h1-6,8-20,32-36H,7,21-25H2,(H,43,47)(H,44,48)(H,45,50)(H,46,49)(H,51,52)/t32?,33-,34+,35+,36-/m0/s1. The van der Waals surface area contributed by atoms with Crippen LogP contribution in [-0.4, -0.2) is 75.7 Å². The molecule has 3 aliphatic heterocycles. The van der Waals surface area contributed by atoms with Crippen molar-refractivity contribution in [2.45, 2.75) is 61.5 Å². The molecule has 278 valence electrons. The van der Waals surface area contributed by atoms with E-state index in [9.17, 15) is 29.1 Å². The molecule has 2 bridgehead atoms. The third kappa shape index (κ3) is 10.6. The number of rotatable bonds is 8. The first-order valence-electron chi connectivity index (χ1n) is 17.7. The molecule has 1 unspecified atom stereocenters. The molecule has 0 fully saturated rings. The number of carboxylic acids is 1. The number of hydrogen-bond donors (Lipinski definition) is 5. The van der Waals surface area contributed by atoms with E-state index in [1.165, 1.54) is 0 Å². The fourth-order valence-corrected chi connectivity index (χ4v) is 7.28. The van der Waals surface area contributed by atoms with E-state index in [0.717, 1.165) is 16.7 Å². The molecule has 13 heteroatoms. The topological polar surface area (TPSA) is 176 Å². The lowest BCUT2D eigenvalue weighted by molar-refractivity contribution is -0.142. The van der Waals surface area contributed by atoms with Crippen LogP contribution in [0.2, 0.25) is 0 Å². The quantitative estimate of drug-likeness (QED) is 0.169. The van der Waals surface area contributed by atoms with Crippen LogP contribution in [0.15, 0.2) is 115 Å². The molecule has 5 atom stereocenters. The third-order valence-corrected chi connectivity index (χ3v) is 10.3. The maximum absolute atomic E-state index is 14.3. The van der Waals surface area contributed by atoms with Gasteiger partial charge in [0.1, 0.15) is 29.9 Å². The van der Waals surface area contributed by atoms with Gasteiger partial charge >= 0.3 is 5.97 Å². The van der Waals surface area contributed by atoms with Crippen LogP contribution in [0.3, 0.4) is 0 Å². The number of pyridine rings is 1. The van der Waals surface area contributed by atoms with Gasteiger partial charge in [0.2, 0.25) is 17.7 Å². The van der Waals surface area contributed by atoms with Gasteiger partial charge in [0.25, 0.3) is 5.91 Å². The van der Waals surface area contributed by atoms with E-state index in [1.807, 2.05) is 66.1 Å². The summed E-state index contributed by atoms with van der Waals surface area (Å²) in [7, 11) is 0. The highest BCUT2D eigenvalue weighted by molar-refractivity contribution is 8.03. The Morgan fingerprint density at radius 3 is 1.96 bits per heavy atom. The first-order valence-corrected chi connectivity index (χ1v) is 18.6. The number of aliphatic carboxylic acids is 1. The zero-order chi connectivity index (χ0) is 37.9. The molecule has 12 nitrogen and oxygen atoms in total. The summed E-state index contributed by atoms with van der Waals surface area (Å²) in [5, 5.41) is 23.2. The molecule has 4 aromatic rings. The molecule has 0 saturated carbocycles. The minimum absolute atomic E-state index is 0.0233. The number of nitrogens with zero attached hydrogens (tertiary/aromatic N) is 1. The number of fused-ring (bicyclic) bond motifs is 16. The summed E-state index contributed by atoms with van der Waals surface area (Å²) >= 11 is 1.56. The maximum Gasteiger partial charge on any atom is 0.326 e. The van der Waals surface area contributed by atoms with Crippen molar-refractivity contribution in [1.82, 2.24) is 26.3 Å². The molecule has 1 aromatic heterocycles. The number of aromatic nitrogens is 1. The maximum atomic E-state index is 14.3. The Balaban J connectivity index is 1.33. The number of allylic oxidation sites excluding steroid dienone is 1. The highest BCUT2D eigenvalue weighted by Gasteiger charge is 2.33. The molecule has 0 saturated heterocycles. The van der Waals surface area contributed by atoms with Crippen LogP contribution in [0.1, 0.15) is 29.5 Å². The van der Waals surface area contributed by atoms with Crippen LogP contribution in [0.25, 0.3) is 11.1 Å². The van der Waals surface area contributed by atoms with Crippen molar-refractivity contribution in [1.29, 1.82) is 0 Å². The normalized spacial score (nSPS) is 22.4. The van der Waals surface area contributed by atoms with Gasteiger partial charge in [0.05, 0.1) is 0 Å². The fourth-order valence-electron chi connectivity index (χ4n) is 6.31. The first kappa shape index (κ1) is 37.8. The van der Waals surface area contributed by atoms with Crippen molar-refractivity contribution in [2.24, 2.45) is 0 Å². The van der Waals surface area contributed by atoms with E-state index >= 15 is 0 Å². The van der Waals surface area contributed by atoms with Crippen LogP contribution in [0.4, 0.5) is 0 Å². The zero-order valence-electron chi connectivity index (χ0n) is 29.4. The van der Waals surface area contributed by atoms with Crippen LogP contribution in [0.5, 0.6) is 5.75 Å². The molecular weight excluding hydrogens is 707 g/mol. The SMILES string of the molecule is O=C1COc2ccc(cc2)C[C@@H](C(=O)O)NC(=O)[C@@H](Cc2ccncc2)NC(=O)[C@H](Cc2ccc(-c3ccccc3)cc2)NC(=O)[C@@H](CC2CC=CS2)N1. The second-order valence-corrected chi connectivity index (χ2v) is 14.4. The fraction of sp³-hybridized carbons (Fsp3) is 0.268. The van der Waals surface area contributed by atoms with Gasteiger partial charge in [-0.2, -0.15) is 0 Å². The second-order valence-electron chi connectivity index (χ2n) is 13.2. The number of carboxylic acid groups (broad SMARTS) is 1. The molecule has 54 heavy (non-hydrogen) atoms. The van der Waals surface area contributed by atoms with Gasteiger partial charge < -0.3 is 31.1 Å². The van der Waals surface area contributed by atoms with E-state index in [-0.39, 0.29) is 31.1 Å². The van der Waals surface area contributed by atoms with Crippen molar-refractivity contribution < 1.29 is 33.8 Å². The highest BCUT2D eigenvalue weighted by Crippen LogP contribution is 2.28. The summed E-state index contributed by atoms with van der Waals surface area (Å²) in [4.78, 5) is 71.9. The monoisotopic (exact) mass is 747 g/mol. The minimum atomic E-state index is -1.32. The van der Waals surface area contributed by atoms with Gasteiger partial charge in [-0.05, 0) is 70.3 Å². The van der Waals surface area contributed by atoms with E-state index in [0.29, 0.717) is 29.7 Å². The Morgan fingerprint density at radius 2 is 1.33 bits per heavy atom. The summed E-state index contributed by atoms with van der Waals surface area (Å²) in [6.07, 6.45) is 6.17. The lowest BCUT2D eigenvalue weighted by Crippen LogP contribution is -2.59. The largest absolute Gasteiger partial charge is 0.484 e. The third-order valence-electron chi connectivity index (χ3n) is 9.22. The Kier molecular flexibility index (Phi) is 12.7. The average molecular weight is 748 g/mol. The van der Waals surface area contributed by atoms with Gasteiger partial charge in [-0.3, -0.25) is 24.2 Å². The predicted octanol–water partition coefficient (Wildman–Crippen LogP) is 3.60. The zero-order valence-corrected chi connectivity index (χ0v) is 30.2. The number of benzene rings is 3. The molecule has 3 aromatic carbocycles. The summed E-state index contributed by atoms with van der Waals surface area (Å²) in [6, 6.07) is 22.6. The predicted molar refractivity (Wildman–Crippen MR) is 204 cm³/mol. The number of nitrogens with one attached hydrogen (secondary N) is 4. The van der Waals surface area contributed by atoms with Crippen molar-refractivity contribution in [3.63, 3.8) is 0 Å². The lowest BCUT2D eigenvalue weighted by Gasteiger charge is -2.27. The molecule has 4 amide bonds. The average Bonchev–Trinajstić information content (AvgIpc) is 3.70. The van der Waals surface area contributed by atoms with Gasteiger partial charge in [-0.1, -0.05) is 72.8 Å². The van der Waals surface area contributed by atoms with E-state index in [2.05, 4.69) is 26.3 Å². The number of carbonyl (C=O) groups excluding carboxylic acids is 4. The number of hydrogen-bond acceptors (Lipinski definition) is 8. The van der Waals surface area contributed by atoms with Crippen LogP contribution in [0, 0.1) is 0 Å². The number of ether oxygens (including phenoxy) is 1. The summed E-state index contributed by atoms with van der Waals surface area (Å²) in [5.41, 5.74) is 4.00. The molecule has 0 aliphatic carbocycles. The summed E-state index contributed by atoms with van der Waals surface area (Å²) < 4.78 is 5.70. The van der Waals surface area contributed by atoms with Gasteiger partial charge in [0, 0.05) is 36.9 Å². The van der Waals surface area contributed by atoms with Crippen LogP contribution >= 0.6 is 11.8 Å². The van der Waals surface area contributed by atoms with Crippen molar-refractivity contribution in [2.75, 3.05) is 6.61 Å². The Bertz CT molecular complexity index is 1950. The minimum Gasteiger partial charge on any atom is -0.484 e. The smallest absolute Gasteiger partial charge is 0.326 e. The molecule has 4 heterocycles. The number of carbonyl (C=O) groups is 5. The number of amides is 4. The highest BCUT2D eigenvalue weighted by atomic mass is 32.2. The second kappa shape index (κ2) is 18.2. The van der Waals surface area contributed by atoms with Crippen LogP contribution < -0.4 is 26.0 Å². The van der Waals surface area contributed by atoms with E-state index < -0.39 is 53.8 Å². The molecule has 7 rings (SSSR count). The molecule has 0 spiro atoms. The van der Waals surface area contributed by atoms with Crippen molar-refractivity contribution in [3.05, 3.63) is 132 Å². The molecule has 0 radical (unpaired) electrons. The lowest BCUT2D eigenvalue weighted by atomic mass is 9.99. The van der Waals surface area contributed by atoms with Gasteiger partial charge in [-0.25, -0.2) is 4.79 Å². The molecular formula is C41H41N5O7S. The summed E-state index contributed by atoms with van der Waals surface area (Å²) in [5.74, 6) is -3.35. The Hall–Kier alpha value is -5.95. The Morgan fingerprint density at radius 1 is 0.722 bits per heavy atom. The van der Waals surface area contributed by atoms with Gasteiger partial charge in [-0.15, -0.1) is 11.8 Å². The van der Waals surface area contributed by atoms with Crippen molar-refractivity contribution >= 4 is 41.4 Å². The van der Waals surface area contributed by atoms with Crippen molar-refractivity contribution in [3.8, 4) is 16.9 Å².